The zero-order valence-electron chi connectivity index (χ0n) is 13.8. The number of nitrogens with zero attached hydrogens (tertiary/aromatic N) is 2. The van der Waals surface area contributed by atoms with Crippen LogP contribution in [0.5, 0.6) is 0 Å². The Morgan fingerprint density at radius 2 is 1.61 bits per heavy atom. The lowest BCUT2D eigenvalue weighted by atomic mass is 10.1. The van der Waals surface area contributed by atoms with E-state index in [2.05, 4.69) is 6.92 Å². The number of unbranched alkanes of at least 4 members (excludes halogenated alkanes) is 1. The number of carbonyl (C=O) groups is 2. The summed E-state index contributed by atoms with van der Waals surface area (Å²) in [5.74, 6) is 0.342. The summed E-state index contributed by atoms with van der Waals surface area (Å²) >= 11 is 5.87. The quantitative estimate of drug-likeness (QED) is 0.828. The van der Waals surface area contributed by atoms with Gasteiger partial charge in [-0.3, -0.25) is 9.59 Å². The summed E-state index contributed by atoms with van der Waals surface area (Å²) in [7, 11) is 0. The molecule has 1 aliphatic rings. The third-order valence-electron chi connectivity index (χ3n) is 4.21. The van der Waals surface area contributed by atoms with Crippen molar-refractivity contribution < 1.29 is 9.59 Å². The van der Waals surface area contributed by atoms with Gasteiger partial charge in [0.1, 0.15) is 0 Å². The van der Waals surface area contributed by atoms with Gasteiger partial charge < -0.3 is 9.80 Å². The molecule has 1 saturated heterocycles. The molecule has 0 unspecified atom stereocenters. The Kier molecular flexibility index (Phi) is 6.90. The molecule has 0 radical (unpaired) electrons. The normalized spacial score (nSPS) is 15.4. The Morgan fingerprint density at radius 3 is 2.22 bits per heavy atom. The van der Waals surface area contributed by atoms with E-state index in [1.807, 2.05) is 21.9 Å². The van der Waals surface area contributed by atoms with Gasteiger partial charge in [0.05, 0.1) is 6.42 Å². The van der Waals surface area contributed by atoms with Gasteiger partial charge in [-0.1, -0.05) is 37.1 Å². The summed E-state index contributed by atoms with van der Waals surface area (Å²) in [5.41, 5.74) is 0.972. The van der Waals surface area contributed by atoms with Crippen LogP contribution in [0, 0.1) is 0 Å². The first-order valence-electron chi connectivity index (χ1n) is 8.40. The van der Waals surface area contributed by atoms with Crippen LogP contribution in [0.15, 0.2) is 24.3 Å². The van der Waals surface area contributed by atoms with Crippen molar-refractivity contribution >= 4 is 23.4 Å². The van der Waals surface area contributed by atoms with Crippen LogP contribution in [-0.4, -0.2) is 47.8 Å². The van der Waals surface area contributed by atoms with Crippen molar-refractivity contribution in [3.05, 3.63) is 34.9 Å². The largest absolute Gasteiger partial charge is 0.341 e. The molecule has 0 spiro atoms. The molecule has 0 saturated carbocycles. The molecule has 4 nitrogen and oxygen atoms in total. The second kappa shape index (κ2) is 8.92. The maximum absolute atomic E-state index is 12.4. The Labute approximate surface area is 143 Å². The first-order chi connectivity index (χ1) is 11.1. The lowest BCUT2D eigenvalue weighted by Crippen LogP contribution is -2.37. The topological polar surface area (TPSA) is 40.6 Å². The van der Waals surface area contributed by atoms with Crippen LogP contribution in [-0.2, 0) is 16.0 Å². The Morgan fingerprint density at radius 1 is 1.00 bits per heavy atom. The van der Waals surface area contributed by atoms with Crippen LogP contribution < -0.4 is 0 Å². The van der Waals surface area contributed by atoms with E-state index in [4.69, 9.17) is 11.6 Å². The molecule has 126 valence electrons. The van der Waals surface area contributed by atoms with E-state index in [1.165, 1.54) is 0 Å². The van der Waals surface area contributed by atoms with E-state index in [-0.39, 0.29) is 11.8 Å². The number of halogens is 1. The van der Waals surface area contributed by atoms with E-state index in [0.29, 0.717) is 31.0 Å². The van der Waals surface area contributed by atoms with Crippen LogP contribution in [0.4, 0.5) is 0 Å². The van der Waals surface area contributed by atoms with Crippen molar-refractivity contribution in [2.45, 2.75) is 39.0 Å². The number of rotatable bonds is 5. The first kappa shape index (κ1) is 17.8. The first-order valence-corrected chi connectivity index (χ1v) is 8.78. The van der Waals surface area contributed by atoms with Gasteiger partial charge in [-0.15, -0.1) is 0 Å². The fourth-order valence-corrected chi connectivity index (χ4v) is 2.92. The fraction of sp³-hybridized carbons (Fsp3) is 0.556. The van der Waals surface area contributed by atoms with Gasteiger partial charge in [-0.2, -0.15) is 0 Å². The van der Waals surface area contributed by atoms with Gasteiger partial charge in [0.15, 0.2) is 0 Å². The molecule has 1 heterocycles. The van der Waals surface area contributed by atoms with Crippen molar-refractivity contribution in [1.29, 1.82) is 0 Å². The smallest absolute Gasteiger partial charge is 0.227 e. The number of hydrogen-bond acceptors (Lipinski definition) is 2. The molecule has 2 amide bonds. The van der Waals surface area contributed by atoms with E-state index in [0.717, 1.165) is 37.9 Å². The van der Waals surface area contributed by atoms with Crippen LogP contribution in [0.2, 0.25) is 5.02 Å². The highest BCUT2D eigenvalue weighted by Gasteiger charge is 2.21. The standard InChI is InChI=1S/C18H25ClN2O2/c1-2-3-5-17(22)20-10-4-11-21(13-12-20)18(23)14-15-6-8-16(19)9-7-15/h6-9H,2-5,10-14H2,1H3. The summed E-state index contributed by atoms with van der Waals surface area (Å²) in [6.07, 6.45) is 3.83. The predicted octanol–water partition coefficient (Wildman–Crippen LogP) is 3.13. The van der Waals surface area contributed by atoms with E-state index in [1.54, 1.807) is 12.1 Å². The minimum atomic E-state index is 0.121. The Balaban J connectivity index is 1.85. The summed E-state index contributed by atoms with van der Waals surface area (Å²) in [4.78, 5) is 28.3. The summed E-state index contributed by atoms with van der Waals surface area (Å²) in [6.45, 7) is 4.85. The van der Waals surface area contributed by atoms with Gasteiger partial charge in [0, 0.05) is 37.6 Å². The van der Waals surface area contributed by atoms with Gasteiger partial charge >= 0.3 is 0 Å². The third-order valence-corrected chi connectivity index (χ3v) is 4.47. The number of hydrogen-bond donors (Lipinski definition) is 0. The average Bonchev–Trinajstić information content (AvgIpc) is 2.81. The molecular weight excluding hydrogens is 312 g/mol. The molecule has 0 bridgehead atoms. The maximum atomic E-state index is 12.4. The number of benzene rings is 1. The van der Waals surface area contributed by atoms with Gasteiger partial charge in [-0.05, 0) is 30.5 Å². The minimum absolute atomic E-state index is 0.121. The molecule has 23 heavy (non-hydrogen) atoms. The summed E-state index contributed by atoms with van der Waals surface area (Å²) in [6, 6.07) is 7.39. The minimum Gasteiger partial charge on any atom is -0.341 e. The van der Waals surface area contributed by atoms with Gasteiger partial charge in [0.25, 0.3) is 0 Å². The summed E-state index contributed by atoms with van der Waals surface area (Å²) < 4.78 is 0. The van der Waals surface area contributed by atoms with Gasteiger partial charge in [0.2, 0.25) is 11.8 Å². The van der Waals surface area contributed by atoms with Crippen LogP contribution >= 0.6 is 11.6 Å². The van der Waals surface area contributed by atoms with Crippen molar-refractivity contribution in [3.63, 3.8) is 0 Å². The van der Waals surface area contributed by atoms with Gasteiger partial charge in [-0.25, -0.2) is 0 Å². The van der Waals surface area contributed by atoms with E-state index in [9.17, 15) is 9.59 Å². The predicted molar refractivity (Wildman–Crippen MR) is 92.5 cm³/mol. The zero-order valence-corrected chi connectivity index (χ0v) is 14.5. The molecule has 2 rings (SSSR count). The number of carbonyl (C=O) groups excluding carboxylic acids is 2. The van der Waals surface area contributed by atoms with Crippen molar-refractivity contribution in [2.24, 2.45) is 0 Å². The zero-order chi connectivity index (χ0) is 16.7. The molecule has 1 aromatic carbocycles. The second-order valence-corrected chi connectivity index (χ2v) is 6.46. The highest BCUT2D eigenvalue weighted by Crippen LogP contribution is 2.12. The average molecular weight is 337 g/mol. The molecule has 5 heteroatoms. The van der Waals surface area contributed by atoms with Crippen molar-refractivity contribution in [1.82, 2.24) is 9.80 Å². The second-order valence-electron chi connectivity index (χ2n) is 6.02. The molecular formula is C18H25ClN2O2. The molecule has 1 aromatic rings. The highest BCUT2D eigenvalue weighted by molar-refractivity contribution is 6.30. The SMILES string of the molecule is CCCCC(=O)N1CCCN(C(=O)Cc2ccc(Cl)cc2)CC1. The van der Waals surface area contributed by atoms with Crippen LogP contribution in [0.1, 0.15) is 38.2 Å². The summed E-state index contributed by atoms with van der Waals surface area (Å²) in [5, 5.41) is 0.678. The lowest BCUT2D eigenvalue weighted by Gasteiger charge is -2.22. The molecule has 0 atom stereocenters. The van der Waals surface area contributed by atoms with Crippen molar-refractivity contribution in [2.75, 3.05) is 26.2 Å². The monoisotopic (exact) mass is 336 g/mol. The Hall–Kier alpha value is -1.55. The molecule has 0 aromatic heterocycles. The Bertz CT molecular complexity index is 530. The fourth-order valence-electron chi connectivity index (χ4n) is 2.79. The molecule has 1 aliphatic heterocycles. The highest BCUT2D eigenvalue weighted by atomic mass is 35.5. The van der Waals surface area contributed by atoms with Crippen LogP contribution in [0.3, 0.4) is 0 Å². The molecule has 1 fully saturated rings. The number of amides is 2. The molecule has 0 N–H and O–H groups in total. The van der Waals surface area contributed by atoms with Crippen molar-refractivity contribution in [3.8, 4) is 0 Å². The van der Waals surface area contributed by atoms with Crippen LogP contribution in [0.25, 0.3) is 0 Å². The molecule has 0 aliphatic carbocycles. The van der Waals surface area contributed by atoms with E-state index >= 15 is 0 Å². The maximum Gasteiger partial charge on any atom is 0.227 e. The lowest BCUT2D eigenvalue weighted by molar-refractivity contribution is -0.133. The third kappa shape index (κ3) is 5.54. The van der Waals surface area contributed by atoms with E-state index < -0.39 is 0 Å².